The fraction of sp³-hybridized carbons (Fsp3) is 0.625. The summed E-state index contributed by atoms with van der Waals surface area (Å²) in [6, 6.07) is 0. The van der Waals surface area contributed by atoms with Gasteiger partial charge in [-0.05, 0) is 18.3 Å². The van der Waals surface area contributed by atoms with Gasteiger partial charge in [0.15, 0.2) is 0 Å². The zero-order valence-corrected chi connectivity index (χ0v) is 8.24. The van der Waals surface area contributed by atoms with Gasteiger partial charge in [0.1, 0.15) is 5.94 Å². The Morgan fingerprint density at radius 1 is 1.64 bits per heavy atom. The lowest BCUT2D eigenvalue weighted by molar-refractivity contribution is -0.135. The number of hydrogen-bond donors (Lipinski definition) is 0. The normalized spacial score (nSPS) is 12.3. The molecule has 0 aliphatic heterocycles. The average Bonchev–Trinajstić information content (AvgIpc) is 2.00. The highest BCUT2D eigenvalue weighted by molar-refractivity contribution is 8.32. The number of ether oxygens (including phenoxy) is 1. The molecule has 0 unspecified atom stereocenters. The monoisotopic (exact) mass is 176 g/mol. The van der Waals surface area contributed by atoms with Gasteiger partial charge in [0.2, 0.25) is 0 Å². The zero-order chi connectivity index (χ0) is 8.91. The van der Waals surface area contributed by atoms with Gasteiger partial charge in [0.05, 0.1) is 0 Å². The largest absolute Gasteiger partial charge is 0.453 e. The molecule has 0 amide bonds. The second-order valence-corrected chi connectivity index (χ2v) is 7.19. The maximum absolute atomic E-state index is 10.6. The third-order valence-electron chi connectivity index (χ3n) is 1.47. The first-order valence-corrected chi connectivity index (χ1v) is 6.28. The molecule has 0 rings (SSSR count). The van der Waals surface area contributed by atoms with Crippen molar-refractivity contribution < 1.29 is 9.53 Å². The van der Waals surface area contributed by atoms with Gasteiger partial charge in [-0.3, -0.25) is 0 Å². The molecule has 0 saturated carbocycles. The van der Waals surface area contributed by atoms with E-state index in [4.69, 9.17) is 4.74 Å². The number of rotatable bonds is 4. The van der Waals surface area contributed by atoms with Crippen molar-refractivity contribution >= 4 is 16.0 Å². The molecule has 0 aliphatic carbocycles. The Bertz CT molecular complexity index is 152. The van der Waals surface area contributed by atoms with Crippen molar-refractivity contribution in [3.05, 3.63) is 12.7 Å². The maximum Gasteiger partial charge on any atom is 0.330 e. The van der Waals surface area contributed by atoms with Crippen molar-refractivity contribution in [2.24, 2.45) is 0 Å². The van der Waals surface area contributed by atoms with Crippen LogP contribution in [0.25, 0.3) is 0 Å². The predicted molar refractivity (Wildman–Crippen MR) is 51.1 cm³/mol. The van der Waals surface area contributed by atoms with E-state index >= 15 is 0 Å². The molecule has 0 aromatic heterocycles. The van der Waals surface area contributed by atoms with E-state index in [2.05, 4.69) is 26.0 Å². The van der Waals surface area contributed by atoms with Crippen LogP contribution >= 0.6 is 10.0 Å². The summed E-state index contributed by atoms with van der Waals surface area (Å²) in [7, 11) is -0.715. The SMILES string of the molecule is C=CC(=O)OCS(C)(C)CC. The average molecular weight is 176 g/mol. The van der Waals surface area contributed by atoms with E-state index in [-0.39, 0.29) is 5.97 Å². The summed E-state index contributed by atoms with van der Waals surface area (Å²) >= 11 is 0. The van der Waals surface area contributed by atoms with Gasteiger partial charge in [-0.15, -0.1) is 0 Å². The first-order valence-electron chi connectivity index (χ1n) is 3.49. The molecule has 0 saturated heterocycles. The smallest absolute Gasteiger partial charge is 0.330 e. The first kappa shape index (κ1) is 10.6. The molecule has 0 radical (unpaired) electrons. The lowest BCUT2D eigenvalue weighted by Gasteiger charge is -2.27. The Hall–Kier alpha value is -0.440. The number of esters is 1. The van der Waals surface area contributed by atoms with Crippen LogP contribution in [0.1, 0.15) is 6.92 Å². The summed E-state index contributed by atoms with van der Waals surface area (Å²) < 4.78 is 4.93. The fourth-order valence-electron chi connectivity index (χ4n) is 0.360. The van der Waals surface area contributed by atoms with Crippen LogP contribution in [0.2, 0.25) is 0 Å². The zero-order valence-electron chi connectivity index (χ0n) is 7.42. The van der Waals surface area contributed by atoms with Gasteiger partial charge in [0.25, 0.3) is 0 Å². The van der Waals surface area contributed by atoms with E-state index in [0.29, 0.717) is 5.94 Å². The van der Waals surface area contributed by atoms with E-state index < -0.39 is 10.0 Å². The van der Waals surface area contributed by atoms with Gasteiger partial charge >= 0.3 is 5.97 Å². The van der Waals surface area contributed by atoms with E-state index in [9.17, 15) is 4.79 Å². The molecular weight excluding hydrogens is 160 g/mol. The van der Waals surface area contributed by atoms with Crippen LogP contribution in [0, 0.1) is 0 Å². The van der Waals surface area contributed by atoms with Crippen molar-refractivity contribution in [1.82, 2.24) is 0 Å². The number of hydrogen-bond acceptors (Lipinski definition) is 2. The molecule has 0 atom stereocenters. The van der Waals surface area contributed by atoms with Gasteiger partial charge in [-0.25, -0.2) is 14.8 Å². The van der Waals surface area contributed by atoms with Gasteiger partial charge in [0, 0.05) is 6.08 Å². The third-order valence-corrected chi connectivity index (χ3v) is 3.79. The molecule has 0 aromatic carbocycles. The van der Waals surface area contributed by atoms with Crippen LogP contribution in [-0.4, -0.2) is 30.2 Å². The van der Waals surface area contributed by atoms with Crippen LogP contribution in [0.5, 0.6) is 0 Å². The molecule has 0 N–H and O–H groups in total. The summed E-state index contributed by atoms with van der Waals surface area (Å²) in [5.41, 5.74) is 0. The van der Waals surface area contributed by atoms with Crippen molar-refractivity contribution in [3.63, 3.8) is 0 Å². The quantitative estimate of drug-likeness (QED) is 0.482. The molecule has 0 fully saturated rings. The third kappa shape index (κ3) is 4.90. The molecule has 0 bridgehead atoms. The Morgan fingerprint density at radius 2 is 2.18 bits per heavy atom. The van der Waals surface area contributed by atoms with Gasteiger partial charge in [-0.2, -0.15) is 0 Å². The van der Waals surface area contributed by atoms with Crippen molar-refractivity contribution in [2.45, 2.75) is 6.92 Å². The highest BCUT2D eigenvalue weighted by Gasteiger charge is 2.10. The van der Waals surface area contributed by atoms with Crippen LogP contribution in [0.15, 0.2) is 12.7 Å². The lowest BCUT2D eigenvalue weighted by Crippen LogP contribution is -2.10. The van der Waals surface area contributed by atoms with Gasteiger partial charge < -0.3 is 4.74 Å². The highest BCUT2D eigenvalue weighted by atomic mass is 32.3. The minimum atomic E-state index is -0.715. The van der Waals surface area contributed by atoms with E-state index in [1.165, 1.54) is 6.08 Å². The molecule has 3 heteroatoms. The molecule has 0 aromatic rings. The summed E-state index contributed by atoms with van der Waals surface area (Å²) in [5.74, 6) is 1.31. The minimum Gasteiger partial charge on any atom is -0.453 e. The van der Waals surface area contributed by atoms with Crippen LogP contribution < -0.4 is 0 Å². The highest BCUT2D eigenvalue weighted by Crippen LogP contribution is 2.38. The summed E-state index contributed by atoms with van der Waals surface area (Å²) in [4.78, 5) is 10.6. The molecule has 66 valence electrons. The maximum atomic E-state index is 10.6. The Morgan fingerprint density at radius 3 is 2.55 bits per heavy atom. The van der Waals surface area contributed by atoms with E-state index in [1.807, 2.05) is 0 Å². The van der Waals surface area contributed by atoms with Gasteiger partial charge in [-0.1, -0.05) is 13.5 Å². The molecule has 0 heterocycles. The molecule has 0 spiro atoms. The molecule has 11 heavy (non-hydrogen) atoms. The Labute approximate surface area is 69.9 Å². The minimum absolute atomic E-state index is 0.320. The topological polar surface area (TPSA) is 26.3 Å². The van der Waals surface area contributed by atoms with E-state index in [0.717, 1.165) is 5.75 Å². The first-order chi connectivity index (χ1) is 5.02. The molecule has 2 nitrogen and oxygen atoms in total. The number of carbonyl (C=O) groups excluding carboxylic acids is 1. The van der Waals surface area contributed by atoms with Crippen LogP contribution in [0.3, 0.4) is 0 Å². The standard InChI is InChI=1S/C8H16O2S/c1-5-8(9)10-7-11(3,4)6-2/h5H,1,6-7H2,2-4H3. The van der Waals surface area contributed by atoms with Crippen molar-refractivity contribution in [1.29, 1.82) is 0 Å². The summed E-state index contributed by atoms with van der Waals surface area (Å²) in [6.07, 6.45) is 5.48. The Kier molecular flexibility index (Phi) is 4.26. The van der Waals surface area contributed by atoms with Crippen LogP contribution in [-0.2, 0) is 9.53 Å². The summed E-state index contributed by atoms with van der Waals surface area (Å²) in [6.45, 7) is 5.43. The van der Waals surface area contributed by atoms with Crippen molar-refractivity contribution in [2.75, 3.05) is 24.2 Å². The predicted octanol–water partition coefficient (Wildman–Crippen LogP) is 1.76. The molecule has 0 aliphatic rings. The second kappa shape index (κ2) is 4.44. The summed E-state index contributed by atoms with van der Waals surface area (Å²) in [5, 5.41) is 0. The number of carbonyl (C=O) groups is 1. The van der Waals surface area contributed by atoms with Crippen molar-refractivity contribution in [3.8, 4) is 0 Å². The fourth-order valence-corrected chi connectivity index (χ4v) is 0.962. The second-order valence-electron chi connectivity index (χ2n) is 2.84. The van der Waals surface area contributed by atoms with E-state index in [1.54, 1.807) is 0 Å². The Balaban J connectivity index is 3.69. The van der Waals surface area contributed by atoms with Crippen LogP contribution in [0.4, 0.5) is 0 Å². The molecular formula is C8H16O2S. The lowest BCUT2D eigenvalue weighted by atomic mass is 10.7.